The maximum atomic E-state index is 11.7. The summed E-state index contributed by atoms with van der Waals surface area (Å²) < 4.78 is 7.10. The Kier molecular flexibility index (Phi) is 4.98. The summed E-state index contributed by atoms with van der Waals surface area (Å²) in [6.45, 7) is 3.19. The number of aromatic nitrogens is 2. The number of hydrogen-bond acceptors (Lipinski definition) is 3. The van der Waals surface area contributed by atoms with E-state index in [1.807, 2.05) is 23.6 Å². The van der Waals surface area contributed by atoms with Crippen molar-refractivity contribution in [3.8, 4) is 11.3 Å². The van der Waals surface area contributed by atoms with E-state index in [2.05, 4.69) is 4.98 Å². The van der Waals surface area contributed by atoms with Gasteiger partial charge in [-0.05, 0) is 25.5 Å². The number of amides is 1. The maximum Gasteiger partial charge on any atom is 0.252 e. The molecule has 1 amide bonds. The molecule has 2 rings (SSSR count). The first-order valence-electron chi connectivity index (χ1n) is 6.65. The second-order valence-electron chi connectivity index (χ2n) is 4.72. The molecule has 0 radical (unpaired) electrons. The Bertz CT molecular complexity index is 638. The molecule has 0 spiro atoms. The maximum absolute atomic E-state index is 11.7. The highest BCUT2D eigenvalue weighted by Crippen LogP contribution is 2.35. The van der Waals surface area contributed by atoms with Crippen molar-refractivity contribution in [2.45, 2.75) is 19.9 Å². The molecule has 2 aromatic heterocycles. The number of nitrogens with two attached hydrogens (primary N) is 1. The third-order valence-corrected chi connectivity index (χ3v) is 3.76. The molecule has 2 aromatic rings. The van der Waals surface area contributed by atoms with Crippen molar-refractivity contribution in [1.82, 2.24) is 9.55 Å². The van der Waals surface area contributed by atoms with E-state index in [9.17, 15) is 4.79 Å². The van der Waals surface area contributed by atoms with Crippen LogP contribution in [0.2, 0.25) is 5.02 Å². The van der Waals surface area contributed by atoms with E-state index < -0.39 is 5.91 Å². The van der Waals surface area contributed by atoms with Gasteiger partial charge in [0.15, 0.2) is 0 Å². The minimum absolute atomic E-state index is 0.376. The van der Waals surface area contributed by atoms with Crippen molar-refractivity contribution in [3.05, 3.63) is 40.8 Å². The molecule has 0 aromatic carbocycles. The number of halogens is 1. The number of rotatable bonds is 6. The fraction of sp³-hybridized carbons (Fsp3) is 0.333. The quantitative estimate of drug-likeness (QED) is 0.834. The van der Waals surface area contributed by atoms with Gasteiger partial charge in [-0.3, -0.25) is 9.78 Å². The smallest absolute Gasteiger partial charge is 0.252 e. The van der Waals surface area contributed by atoms with Crippen LogP contribution in [0.1, 0.15) is 22.5 Å². The van der Waals surface area contributed by atoms with Crippen molar-refractivity contribution in [2.75, 3.05) is 13.7 Å². The monoisotopic (exact) mass is 307 g/mol. The zero-order chi connectivity index (χ0) is 15.4. The van der Waals surface area contributed by atoms with Gasteiger partial charge in [-0.2, -0.15) is 0 Å². The van der Waals surface area contributed by atoms with Gasteiger partial charge < -0.3 is 15.0 Å². The molecule has 0 saturated heterocycles. The zero-order valence-corrected chi connectivity index (χ0v) is 12.9. The topological polar surface area (TPSA) is 70.1 Å². The summed E-state index contributed by atoms with van der Waals surface area (Å²) in [5, 5.41) is 0.392. The Morgan fingerprint density at radius 3 is 2.67 bits per heavy atom. The number of primary amides is 1. The molecule has 2 heterocycles. The van der Waals surface area contributed by atoms with Crippen LogP contribution in [0.25, 0.3) is 11.3 Å². The molecule has 5 nitrogen and oxygen atoms in total. The Hall–Kier alpha value is -1.85. The van der Waals surface area contributed by atoms with Crippen molar-refractivity contribution < 1.29 is 9.53 Å². The fourth-order valence-electron chi connectivity index (χ4n) is 2.42. The lowest BCUT2D eigenvalue weighted by Crippen LogP contribution is -2.13. The van der Waals surface area contributed by atoms with Gasteiger partial charge in [-0.1, -0.05) is 11.6 Å². The van der Waals surface area contributed by atoms with Crippen LogP contribution in [-0.4, -0.2) is 29.2 Å². The van der Waals surface area contributed by atoms with E-state index in [0.29, 0.717) is 23.7 Å². The Labute approximate surface area is 128 Å². The molecule has 0 aliphatic heterocycles. The fourth-order valence-corrected chi connectivity index (χ4v) is 2.86. The average molecular weight is 308 g/mol. The highest BCUT2D eigenvalue weighted by molar-refractivity contribution is 6.36. The minimum atomic E-state index is -0.515. The van der Waals surface area contributed by atoms with E-state index in [0.717, 1.165) is 23.4 Å². The van der Waals surface area contributed by atoms with Gasteiger partial charge in [-0.15, -0.1) is 0 Å². The normalized spacial score (nSPS) is 10.8. The van der Waals surface area contributed by atoms with Gasteiger partial charge in [0.1, 0.15) is 0 Å². The summed E-state index contributed by atoms with van der Waals surface area (Å²) in [6.07, 6.45) is 4.20. The summed E-state index contributed by atoms with van der Waals surface area (Å²) in [4.78, 5) is 15.7. The lowest BCUT2D eigenvalue weighted by atomic mass is 10.1. The number of carbonyl (C=O) groups is 1. The van der Waals surface area contributed by atoms with Crippen LogP contribution in [0, 0.1) is 6.92 Å². The van der Waals surface area contributed by atoms with Crippen molar-refractivity contribution in [3.63, 3.8) is 0 Å². The van der Waals surface area contributed by atoms with Gasteiger partial charge in [-0.25, -0.2) is 0 Å². The molecule has 0 saturated carbocycles. The van der Waals surface area contributed by atoms with Gasteiger partial charge in [0.25, 0.3) is 5.91 Å². The lowest BCUT2D eigenvalue weighted by Gasteiger charge is -2.11. The second-order valence-corrected chi connectivity index (χ2v) is 5.10. The molecular formula is C15H18ClN3O2. The van der Waals surface area contributed by atoms with Crippen LogP contribution >= 0.6 is 11.6 Å². The predicted octanol–water partition coefficient (Wildman–Crippen LogP) is 2.65. The first kappa shape index (κ1) is 15.5. The molecule has 0 atom stereocenters. The Morgan fingerprint density at radius 1 is 1.43 bits per heavy atom. The van der Waals surface area contributed by atoms with E-state index in [-0.39, 0.29) is 0 Å². The summed E-state index contributed by atoms with van der Waals surface area (Å²) >= 11 is 6.40. The number of ether oxygens (including phenoxy) is 1. The summed E-state index contributed by atoms with van der Waals surface area (Å²) in [5.41, 5.74) is 8.30. The van der Waals surface area contributed by atoms with Gasteiger partial charge in [0.2, 0.25) is 0 Å². The van der Waals surface area contributed by atoms with Crippen LogP contribution in [-0.2, 0) is 11.3 Å². The third-order valence-electron chi connectivity index (χ3n) is 3.39. The number of pyridine rings is 1. The summed E-state index contributed by atoms with van der Waals surface area (Å²) in [6, 6.07) is 3.72. The Balaban J connectivity index is 2.55. The average Bonchev–Trinajstić information content (AvgIpc) is 2.71. The van der Waals surface area contributed by atoms with Crippen molar-refractivity contribution >= 4 is 17.5 Å². The van der Waals surface area contributed by atoms with Gasteiger partial charge in [0, 0.05) is 43.9 Å². The molecular weight excluding hydrogens is 290 g/mol. The Morgan fingerprint density at radius 2 is 2.10 bits per heavy atom. The zero-order valence-electron chi connectivity index (χ0n) is 12.1. The van der Waals surface area contributed by atoms with Crippen molar-refractivity contribution in [2.24, 2.45) is 5.73 Å². The summed E-state index contributed by atoms with van der Waals surface area (Å²) in [7, 11) is 1.66. The molecule has 0 fully saturated rings. The third kappa shape index (κ3) is 3.09. The second kappa shape index (κ2) is 6.74. The van der Waals surface area contributed by atoms with Crippen LogP contribution in [0.5, 0.6) is 0 Å². The van der Waals surface area contributed by atoms with Crippen LogP contribution in [0.4, 0.5) is 0 Å². The number of nitrogens with zero attached hydrogens (tertiary/aromatic N) is 2. The molecule has 0 aliphatic carbocycles. The molecule has 2 N–H and O–H groups in total. The molecule has 21 heavy (non-hydrogen) atoms. The van der Waals surface area contributed by atoms with Crippen LogP contribution < -0.4 is 5.73 Å². The lowest BCUT2D eigenvalue weighted by molar-refractivity contribution is 0.0999. The number of hydrogen-bond donors (Lipinski definition) is 1. The number of methoxy groups -OCH3 is 1. The van der Waals surface area contributed by atoms with Crippen molar-refractivity contribution in [1.29, 1.82) is 0 Å². The van der Waals surface area contributed by atoms with Gasteiger partial charge >= 0.3 is 0 Å². The van der Waals surface area contributed by atoms with Gasteiger partial charge in [0.05, 0.1) is 16.3 Å². The minimum Gasteiger partial charge on any atom is -0.385 e. The predicted molar refractivity (Wildman–Crippen MR) is 82.4 cm³/mol. The number of carbonyl (C=O) groups excluding carboxylic acids is 1. The first-order valence-corrected chi connectivity index (χ1v) is 7.03. The van der Waals surface area contributed by atoms with Crippen LogP contribution in [0.15, 0.2) is 24.5 Å². The first-order chi connectivity index (χ1) is 10.1. The van der Waals surface area contributed by atoms with E-state index in [1.54, 1.807) is 19.5 Å². The SMILES string of the molecule is COCCCn1c(C)c(C(N)=O)c(Cl)c1-c1ccncc1. The molecule has 0 unspecified atom stereocenters. The molecule has 0 aliphatic rings. The standard InChI is InChI=1S/C15H18ClN3O2/c1-10-12(15(17)20)13(16)14(11-4-6-18-7-5-11)19(10)8-3-9-21-2/h4-7H,3,8-9H2,1-2H3,(H2,17,20). The van der Waals surface area contributed by atoms with E-state index in [4.69, 9.17) is 22.1 Å². The molecule has 6 heteroatoms. The van der Waals surface area contributed by atoms with E-state index in [1.165, 1.54) is 0 Å². The van der Waals surface area contributed by atoms with E-state index >= 15 is 0 Å². The summed E-state index contributed by atoms with van der Waals surface area (Å²) in [5.74, 6) is -0.515. The van der Waals surface area contributed by atoms with Crippen LogP contribution in [0.3, 0.4) is 0 Å². The highest BCUT2D eigenvalue weighted by Gasteiger charge is 2.23. The molecule has 112 valence electrons. The largest absolute Gasteiger partial charge is 0.385 e. The highest BCUT2D eigenvalue weighted by atomic mass is 35.5. The molecule has 0 bridgehead atoms.